The van der Waals surface area contributed by atoms with E-state index in [0.717, 1.165) is 11.3 Å². The maximum Gasteiger partial charge on any atom is 0.323 e. The Morgan fingerprint density at radius 3 is 2.40 bits per heavy atom. The number of pyridine rings is 2. The van der Waals surface area contributed by atoms with Gasteiger partial charge in [0.05, 0.1) is 23.1 Å². The number of hydrogen-bond donors (Lipinski definition) is 2. The van der Waals surface area contributed by atoms with Gasteiger partial charge >= 0.3 is 6.03 Å². The molecule has 0 bridgehead atoms. The fraction of sp³-hybridized carbons (Fsp3) is 0.172. The van der Waals surface area contributed by atoms with E-state index in [1.807, 2.05) is 46.2 Å². The summed E-state index contributed by atoms with van der Waals surface area (Å²) in [5.41, 5.74) is 3.97. The van der Waals surface area contributed by atoms with Crippen molar-refractivity contribution in [1.29, 1.82) is 5.26 Å². The van der Waals surface area contributed by atoms with E-state index in [-0.39, 0.29) is 5.54 Å². The minimum absolute atomic E-state index is 0.302. The molecule has 11 nitrogen and oxygen atoms in total. The number of benzene rings is 1. The van der Waals surface area contributed by atoms with Gasteiger partial charge in [-0.1, -0.05) is 0 Å². The third-order valence-corrected chi connectivity index (χ3v) is 5.88. The predicted molar refractivity (Wildman–Crippen MR) is 151 cm³/mol. The summed E-state index contributed by atoms with van der Waals surface area (Å²) in [6.07, 6.45) is 8.66. The molecule has 4 aromatic heterocycles. The van der Waals surface area contributed by atoms with Crippen LogP contribution in [0.25, 0.3) is 22.5 Å². The van der Waals surface area contributed by atoms with Gasteiger partial charge in [-0.25, -0.2) is 9.78 Å². The summed E-state index contributed by atoms with van der Waals surface area (Å²) >= 11 is 0. The Morgan fingerprint density at radius 2 is 1.75 bits per heavy atom. The summed E-state index contributed by atoms with van der Waals surface area (Å²) in [7, 11) is 1.85. The van der Waals surface area contributed by atoms with E-state index in [0.29, 0.717) is 39.8 Å². The minimum atomic E-state index is -0.430. The summed E-state index contributed by atoms with van der Waals surface area (Å²) in [5, 5.41) is 23.6. The number of nitriles is 1. The average Bonchev–Trinajstić information content (AvgIpc) is 3.56. The minimum Gasteiger partial charge on any atom is -0.457 e. The highest BCUT2D eigenvalue weighted by Gasteiger charge is 2.20. The van der Waals surface area contributed by atoms with Crippen molar-refractivity contribution >= 4 is 17.4 Å². The van der Waals surface area contributed by atoms with Gasteiger partial charge in [-0.3, -0.25) is 14.3 Å². The van der Waals surface area contributed by atoms with E-state index in [1.54, 1.807) is 76.6 Å². The molecule has 0 aliphatic carbocycles. The number of carbonyl (C=O) groups is 1. The normalized spacial score (nSPS) is 11.1. The van der Waals surface area contributed by atoms with E-state index in [2.05, 4.69) is 30.8 Å². The first-order valence-electron chi connectivity index (χ1n) is 12.5. The maximum absolute atomic E-state index is 12.9. The van der Waals surface area contributed by atoms with Crippen molar-refractivity contribution in [2.24, 2.45) is 7.05 Å². The Morgan fingerprint density at radius 1 is 0.950 bits per heavy atom. The van der Waals surface area contributed by atoms with E-state index >= 15 is 0 Å². The molecule has 1 aromatic carbocycles. The Labute approximate surface area is 231 Å². The Kier molecular flexibility index (Phi) is 6.99. The van der Waals surface area contributed by atoms with Crippen LogP contribution in [-0.2, 0) is 12.6 Å². The maximum atomic E-state index is 12.9. The summed E-state index contributed by atoms with van der Waals surface area (Å²) in [6.45, 7) is 6.04. The number of nitrogens with zero attached hydrogens (tertiary/aromatic N) is 7. The molecule has 0 unspecified atom stereocenters. The molecule has 11 heteroatoms. The molecule has 5 aromatic rings. The number of aryl methyl sites for hydroxylation is 1. The molecule has 0 aliphatic rings. The van der Waals surface area contributed by atoms with Crippen LogP contribution in [0, 0.1) is 11.3 Å². The Bertz CT molecular complexity index is 1690. The topological polar surface area (TPSA) is 136 Å². The zero-order chi connectivity index (χ0) is 28.3. The molecule has 0 saturated carbocycles. The number of hydrogen-bond acceptors (Lipinski definition) is 7. The second-order valence-corrected chi connectivity index (χ2v) is 10.0. The molecular formula is C29H27N9O2. The zero-order valence-corrected chi connectivity index (χ0v) is 22.5. The Balaban J connectivity index is 1.27. The number of urea groups is 1. The van der Waals surface area contributed by atoms with Gasteiger partial charge in [-0.2, -0.15) is 15.5 Å². The van der Waals surface area contributed by atoms with Crippen LogP contribution in [-0.4, -0.2) is 35.6 Å². The molecule has 5 rings (SSSR count). The van der Waals surface area contributed by atoms with Gasteiger partial charge in [0.25, 0.3) is 0 Å². The number of rotatable bonds is 6. The second kappa shape index (κ2) is 10.7. The monoisotopic (exact) mass is 533 g/mol. The standard InChI is InChI=1S/C29H27N9O2/c1-29(2,3)38-18-26(27(36-38)19-5-6-22(14-30)32-15-19)35-28(39)34-21-7-9-23(10-8-21)40-24-11-12-31-25(13-24)20-16-33-37(4)17-20/h5-13,15-18H,1-4H3,(H2,34,35,39). The molecule has 40 heavy (non-hydrogen) atoms. The van der Waals surface area contributed by atoms with Crippen LogP contribution in [0.5, 0.6) is 11.5 Å². The van der Waals surface area contributed by atoms with Crippen molar-refractivity contribution in [2.75, 3.05) is 10.6 Å². The average molecular weight is 534 g/mol. The lowest BCUT2D eigenvalue weighted by Gasteiger charge is -2.18. The van der Waals surface area contributed by atoms with E-state index < -0.39 is 6.03 Å². The van der Waals surface area contributed by atoms with E-state index in [9.17, 15) is 4.79 Å². The first kappa shape index (κ1) is 26.1. The van der Waals surface area contributed by atoms with Gasteiger partial charge in [0.15, 0.2) is 0 Å². The zero-order valence-electron chi connectivity index (χ0n) is 22.5. The third kappa shape index (κ3) is 5.97. The van der Waals surface area contributed by atoms with Crippen molar-refractivity contribution in [3.05, 3.63) is 85.2 Å². The summed E-state index contributed by atoms with van der Waals surface area (Å²) in [6, 6.07) is 15.6. The van der Waals surface area contributed by atoms with Crippen LogP contribution in [0.1, 0.15) is 26.5 Å². The molecule has 200 valence electrons. The number of ether oxygens (including phenoxy) is 1. The lowest BCUT2D eigenvalue weighted by Crippen LogP contribution is -2.22. The predicted octanol–water partition coefficient (Wildman–Crippen LogP) is 5.80. The van der Waals surface area contributed by atoms with Crippen molar-refractivity contribution in [3.8, 4) is 40.1 Å². The van der Waals surface area contributed by atoms with Crippen LogP contribution in [0.3, 0.4) is 0 Å². The van der Waals surface area contributed by atoms with Crippen molar-refractivity contribution in [3.63, 3.8) is 0 Å². The second-order valence-electron chi connectivity index (χ2n) is 10.0. The van der Waals surface area contributed by atoms with Gasteiger partial charge < -0.3 is 15.4 Å². The molecular weight excluding hydrogens is 506 g/mol. The van der Waals surface area contributed by atoms with Crippen molar-refractivity contribution in [1.82, 2.24) is 29.5 Å². The number of amides is 2. The number of aromatic nitrogens is 6. The van der Waals surface area contributed by atoms with Gasteiger partial charge in [-0.05, 0) is 63.2 Å². The number of nitrogens with one attached hydrogen (secondary N) is 2. The first-order chi connectivity index (χ1) is 19.2. The number of carbonyl (C=O) groups excluding carboxylic acids is 1. The van der Waals surface area contributed by atoms with Crippen LogP contribution < -0.4 is 15.4 Å². The van der Waals surface area contributed by atoms with Gasteiger partial charge in [0.2, 0.25) is 0 Å². The lowest BCUT2D eigenvalue weighted by molar-refractivity contribution is 0.262. The molecule has 0 saturated heterocycles. The SMILES string of the molecule is Cn1cc(-c2cc(Oc3ccc(NC(=O)Nc4cn(C(C)(C)C)nc4-c4ccc(C#N)nc4)cc3)ccn2)cn1. The molecule has 0 fully saturated rings. The smallest absolute Gasteiger partial charge is 0.323 e. The summed E-state index contributed by atoms with van der Waals surface area (Å²) in [4.78, 5) is 21.4. The van der Waals surface area contributed by atoms with E-state index in [4.69, 9.17) is 10.00 Å². The molecule has 2 amide bonds. The fourth-order valence-electron chi connectivity index (χ4n) is 3.84. The molecule has 0 radical (unpaired) electrons. The highest BCUT2D eigenvalue weighted by Crippen LogP contribution is 2.30. The van der Waals surface area contributed by atoms with Gasteiger partial charge in [0, 0.05) is 54.7 Å². The van der Waals surface area contributed by atoms with Crippen LogP contribution in [0.2, 0.25) is 0 Å². The van der Waals surface area contributed by atoms with Crippen LogP contribution in [0.15, 0.2) is 79.5 Å². The van der Waals surface area contributed by atoms with Crippen LogP contribution >= 0.6 is 0 Å². The van der Waals surface area contributed by atoms with E-state index in [1.165, 1.54) is 0 Å². The molecule has 0 aliphatic heterocycles. The van der Waals surface area contributed by atoms with Gasteiger partial charge in [-0.15, -0.1) is 0 Å². The Hall–Kier alpha value is -5.50. The van der Waals surface area contributed by atoms with Crippen molar-refractivity contribution < 1.29 is 9.53 Å². The summed E-state index contributed by atoms with van der Waals surface area (Å²) < 4.78 is 9.48. The highest BCUT2D eigenvalue weighted by atomic mass is 16.5. The lowest BCUT2D eigenvalue weighted by atomic mass is 10.1. The fourth-order valence-corrected chi connectivity index (χ4v) is 3.84. The molecule has 4 heterocycles. The molecule has 2 N–H and O–H groups in total. The largest absolute Gasteiger partial charge is 0.457 e. The van der Waals surface area contributed by atoms with Crippen molar-refractivity contribution in [2.45, 2.75) is 26.3 Å². The summed E-state index contributed by atoms with van der Waals surface area (Å²) in [5.74, 6) is 1.24. The van der Waals surface area contributed by atoms with Gasteiger partial charge in [0.1, 0.15) is 29.0 Å². The molecule has 0 spiro atoms. The third-order valence-electron chi connectivity index (χ3n) is 5.88. The van der Waals surface area contributed by atoms with Crippen LogP contribution in [0.4, 0.5) is 16.2 Å². The highest BCUT2D eigenvalue weighted by molar-refractivity contribution is 6.01. The first-order valence-corrected chi connectivity index (χ1v) is 12.5. The molecule has 0 atom stereocenters. The number of anilines is 2. The quantitative estimate of drug-likeness (QED) is 0.281.